The van der Waals surface area contributed by atoms with Crippen molar-refractivity contribution in [3.05, 3.63) is 52.2 Å². The van der Waals surface area contributed by atoms with Crippen molar-refractivity contribution < 1.29 is 36.3 Å². The van der Waals surface area contributed by atoms with Gasteiger partial charge in [0, 0.05) is 46.0 Å². The minimum absolute atomic E-state index is 0.0389. The number of carbonyl (C=O) groups excluding carboxylic acids is 3. The maximum atomic E-state index is 14.7. The number of carbonyl (C=O) groups is 3. The Bertz CT molecular complexity index is 1340. The van der Waals surface area contributed by atoms with Crippen molar-refractivity contribution in [1.29, 1.82) is 0 Å². The lowest BCUT2D eigenvalue weighted by atomic mass is 10.1. The second-order valence-electron chi connectivity index (χ2n) is 9.65. The number of benzene rings is 1. The van der Waals surface area contributed by atoms with Gasteiger partial charge in [0.05, 0.1) is 24.3 Å². The van der Waals surface area contributed by atoms with Gasteiger partial charge >= 0.3 is 12.2 Å². The number of piperazine rings is 1. The zero-order valence-corrected chi connectivity index (χ0v) is 22.6. The fourth-order valence-electron chi connectivity index (χ4n) is 4.60. The highest BCUT2D eigenvalue weighted by molar-refractivity contribution is 6.31. The molecule has 2 saturated heterocycles. The normalized spacial score (nSPS) is 18.6. The summed E-state index contributed by atoms with van der Waals surface area (Å²) in [6.07, 6.45) is -4.75. The minimum atomic E-state index is -4.75. The molecule has 4 amide bonds. The predicted octanol–water partition coefficient (Wildman–Crippen LogP) is 3.39. The van der Waals surface area contributed by atoms with Crippen LogP contribution in [0.25, 0.3) is 0 Å². The zero-order chi connectivity index (χ0) is 29.5. The Hall–Kier alpha value is -3.52. The lowest BCUT2D eigenvalue weighted by molar-refractivity contribution is -0.137. The van der Waals surface area contributed by atoms with E-state index in [9.17, 15) is 36.3 Å². The molecular weight excluding hydrogens is 563 g/mol. The minimum Gasteiger partial charge on any atom is -0.343 e. The molecule has 216 valence electrons. The molecule has 4 rings (SSSR count). The van der Waals surface area contributed by atoms with E-state index in [-0.39, 0.29) is 43.5 Å². The Morgan fingerprint density at radius 2 is 1.85 bits per heavy atom. The Kier molecular flexibility index (Phi) is 8.22. The van der Waals surface area contributed by atoms with Gasteiger partial charge in [-0.25, -0.2) is 18.6 Å². The van der Waals surface area contributed by atoms with E-state index in [1.54, 1.807) is 11.9 Å². The molecule has 15 heteroatoms. The van der Waals surface area contributed by atoms with Crippen molar-refractivity contribution in [2.24, 2.45) is 0 Å². The van der Waals surface area contributed by atoms with Crippen LogP contribution in [-0.2, 0) is 15.8 Å². The molecule has 0 unspecified atom stereocenters. The van der Waals surface area contributed by atoms with Crippen molar-refractivity contribution in [3.8, 4) is 0 Å². The zero-order valence-electron chi connectivity index (χ0n) is 21.8. The van der Waals surface area contributed by atoms with Crippen LogP contribution in [0.4, 0.5) is 38.3 Å². The van der Waals surface area contributed by atoms with Crippen molar-refractivity contribution in [1.82, 2.24) is 19.7 Å². The second-order valence-corrected chi connectivity index (χ2v) is 10.0. The summed E-state index contributed by atoms with van der Waals surface area (Å²) in [6.45, 7) is 2.58. The van der Waals surface area contributed by atoms with Crippen LogP contribution in [0.1, 0.15) is 11.3 Å². The molecule has 1 aromatic heterocycles. The second kappa shape index (κ2) is 11.2. The summed E-state index contributed by atoms with van der Waals surface area (Å²) in [5.74, 6) is -3.61. The summed E-state index contributed by atoms with van der Waals surface area (Å²) < 4.78 is 69.2. The van der Waals surface area contributed by atoms with Crippen LogP contribution >= 0.6 is 11.6 Å². The molecule has 0 spiro atoms. The van der Waals surface area contributed by atoms with Gasteiger partial charge in [-0.2, -0.15) is 13.2 Å². The molecule has 1 aromatic carbocycles. The van der Waals surface area contributed by atoms with Crippen LogP contribution in [0.3, 0.4) is 0 Å². The van der Waals surface area contributed by atoms with E-state index >= 15 is 0 Å². The number of aromatic nitrogens is 1. The lowest BCUT2D eigenvalue weighted by Gasteiger charge is -2.32. The first-order valence-electron chi connectivity index (χ1n) is 12.2. The molecule has 2 aromatic rings. The molecule has 1 atom stereocenters. The van der Waals surface area contributed by atoms with Gasteiger partial charge < -0.3 is 14.7 Å². The molecule has 2 aliphatic rings. The molecular formula is C25H26ClF5N6O3. The van der Waals surface area contributed by atoms with Gasteiger partial charge in [-0.05, 0) is 31.2 Å². The van der Waals surface area contributed by atoms with Crippen molar-refractivity contribution in [3.63, 3.8) is 0 Å². The third-order valence-electron chi connectivity index (χ3n) is 6.91. The number of rotatable bonds is 6. The summed E-state index contributed by atoms with van der Waals surface area (Å²) in [7, 11) is 2.86. The topological polar surface area (TPSA) is 80.3 Å². The van der Waals surface area contributed by atoms with Gasteiger partial charge in [-0.1, -0.05) is 11.6 Å². The lowest BCUT2D eigenvalue weighted by Crippen LogP contribution is -2.50. The van der Waals surface area contributed by atoms with Crippen LogP contribution in [0.2, 0.25) is 5.02 Å². The van der Waals surface area contributed by atoms with Crippen LogP contribution in [0, 0.1) is 18.6 Å². The number of anilines is 2. The maximum absolute atomic E-state index is 14.7. The fraction of sp³-hybridized carbons (Fsp3) is 0.440. The maximum Gasteiger partial charge on any atom is 0.416 e. The van der Waals surface area contributed by atoms with Gasteiger partial charge in [0.1, 0.15) is 22.7 Å². The quantitative estimate of drug-likeness (QED) is 0.382. The fourth-order valence-corrected chi connectivity index (χ4v) is 4.76. The smallest absolute Gasteiger partial charge is 0.343 e. The molecule has 0 N–H and O–H groups in total. The number of likely N-dealkylation sites (N-methyl/N-ethyl adjacent to an activating group) is 2. The third-order valence-corrected chi connectivity index (χ3v) is 7.26. The molecule has 0 aliphatic carbocycles. The van der Waals surface area contributed by atoms with Gasteiger partial charge in [0.15, 0.2) is 5.82 Å². The van der Waals surface area contributed by atoms with Crippen molar-refractivity contribution in [2.45, 2.75) is 19.1 Å². The number of hydrogen-bond acceptors (Lipinski definition) is 5. The van der Waals surface area contributed by atoms with Crippen LogP contribution in [0.5, 0.6) is 0 Å². The van der Waals surface area contributed by atoms with Crippen molar-refractivity contribution >= 4 is 41.0 Å². The molecule has 2 aliphatic heterocycles. The van der Waals surface area contributed by atoms with E-state index in [4.69, 9.17) is 11.6 Å². The number of pyridine rings is 1. The third kappa shape index (κ3) is 5.82. The average Bonchev–Trinajstić information content (AvgIpc) is 3.22. The van der Waals surface area contributed by atoms with E-state index < -0.39 is 52.2 Å². The highest BCUT2D eigenvalue weighted by Crippen LogP contribution is 2.35. The summed E-state index contributed by atoms with van der Waals surface area (Å²) in [5.41, 5.74) is -1.48. The Balaban J connectivity index is 1.66. The largest absolute Gasteiger partial charge is 0.416 e. The van der Waals surface area contributed by atoms with Crippen LogP contribution < -0.4 is 9.80 Å². The molecule has 9 nitrogen and oxygen atoms in total. The van der Waals surface area contributed by atoms with E-state index in [1.807, 2.05) is 4.90 Å². The summed E-state index contributed by atoms with van der Waals surface area (Å²) in [5, 5.41) is -0.838. The Labute approximate surface area is 231 Å². The van der Waals surface area contributed by atoms with Gasteiger partial charge in [-0.15, -0.1) is 0 Å². The molecule has 3 heterocycles. The van der Waals surface area contributed by atoms with Crippen LogP contribution in [0.15, 0.2) is 24.3 Å². The number of urea groups is 1. The first-order valence-corrected chi connectivity index (χ1v) is 12.6. The standard InChI is InChI=1S/C25H26ClF5N6O3/c1-14-10-15(25(29,30)31)11-19(32-14)37-18(23(39)34(3)17-5-4-16(27)21(26)22(17)28)12-36(24(37)40)9-8-35-7-6-33(2)20(38)13-35/h4-5,10-11,18H,6-9,12-13H2,1-3H3/t18-/m0/s1. The number of nitrogens with zero attached hydrogens (tertiary/aromatic N) is 6. The number of alkyl halides is 3. The van der Waals surface area contributed by atoms with E-state index in [1.165, 1.54) is 18.9 Å². The van der Waals surface area contributed by atoms with Crippen LogP contribution in [-0.4, -0.2) is 96.9 Å². The highest BCUT2D eigenvalue weighted by atomic mass is 35.5. The van der Waals surface area contributed by atoms with E-state index in [0.29, 0.717) is 19.2 Å². The summed E-state index contributed by atoms with van der Waals surface area (Å²) in [4.78, 5) is 49.6. The van der Waals surface area contributed by atoms with Gasteiger partial charge in [0.25, 0.3) is 5.91 Å². The molecule has 0 saturated carbocycles. The summed E-state index contributed by atoms with van der Waals surface area (Å²) in [6, 6.07) is 1.16. The Morgan fingerprint density at radius 3 is 2.50 bits per heavy atom. The van der Waals surface area contributed by atoms with E-state index in [0.717, 1.165) is 28.0 Å². The van der Waals surface area contributed by atoms with Crippen molar-refractivity contribution in [2.75, 3.05) is 63.2 Å². The molecule has 40 heavy (non-hydrogen) atoms. The number of hydrogen-bond donors (Lipinski definition) is 0. The molecule has 2 fully saturated rings. The molecule has 0 bridgehead atoms. The first kappa shape index (κ1) is 29.5. The predicted molar refractivity (Wildman–Crippen MR) is 136 cm³/mol. The summed E-state index contributed by atoms with van der Waals surface area (Å²) >= 11 is 5.67. The van der Waals surface area contributed by atoms with E-state index in [2.05, 4.69) is 4.98 Å². The monoisotopic (exact) mass is 588 g/mol. The number of amides is 4. The van der Waals surface area contributed by atoms with Gasteiger partial charge in [-0.3, -0.25) is 19.4 Å². The van der Waals surface area contributed by atoms with Gasteiger partial charge in [0.2, 0.25) is 5.91 Å². The number of halogens is 6. The highest BCUT2D eigenvalue weighted by Gasteiger charge is 2.45. The number of aryl methyl sites for hydroxylation is 1. The molecule has 0 radical (unpaired) electrons. The average molecular weight is 589 g/mol. The SMILES string of the molecule is Cc1cc(C(F)(F)F)cc(N2C(=O)N(CCN3CCN(C)C(=O)C3)C[C@H]2C(=O)N(C)c2ccc(F)c(Cl)c2F)n1. The first-order chi connectivity index (χ1) is 18.7. The Morgan fingerprint density at radius 1 is 1.15 bits per heavy atom.